The molecule has 0 saturated heterocycles. The fourth-order valence-electron chi connectivity index (χ4n) is 1.69. The standard InChI is InChI=1S/C10H12N5O5P/c11-7-3-10(15(16)17)9(14-2-1-12-5-14)4-8(7)13-6-21(18,19)20/h1-5,13H,6,11H2,(H2,18,19,20). The van der Waals surface area contributed by atoms with E-state index in [1.165, 1.54) is 29.4 Å². The Balaban J connectivity index is 2.47. The first-order valence-electron chi connectivity index (χ1n) is 5.62. The van der Waals surface area contributed by atoms with Crippen molar-refractivity contribution in [2.45, 2.75) is 0 Å². The third-order valence-electron chi connectivity index (χ3n) is 2.60. The quantitative estimate of drug-likeness (QED) is 0.274. The number of anilines is 2. The second kappa shape index (κ2) is 5.52. The van der Waals surface area contributed by atoms with Crippen LogP contribution in [0.1, 0.15) is 0 Å². The third kappa shape index (κ3) is 3.57. The van der Waals surface area contributed by atoms with Crippen LogP contribution < -0.4 is 11.1 Å². The molecule has 0 aliphatic carbocycles. The van der Waals surface area contributed by atoms with Crippen molar-refractivity contribution in [3.05, 3.63) is 41.0 Å². The Morgan fingerprint density at radius 1 is 1.48 bits per heavy atom. The molecule has 1 heterocycles. The normalized spacial score (nSPS) is 11.3. The van der Waals surface area contributed by atoms with E-state index in [2.05, 4.69) is 10.3 Å². The summed E-state index contributed by atoms with van der Waals surface area (Å²) in [6.07, 6.45) is 3.69. The monoisotopic (exact) mass is 313 g/mol. The molecule has 0 atom stereocenters. The molecule has 1 aromatic heterocycles. The second-order valence-electron chi connectivity index (χ2n) is 4.15. The minimum absolute atomic E-state index is 0.0130. The summed E-state index contributed by atoms with van der Waals surface area (Å²) in [5, 5.41) is 13.5. The molecule has 1 aromatic carbocycles. The number of benzene rings is 1. The van der Waals surface area contributed by atoms with Crippen molar-refractivity contribution < 1.29 is 19.3 Å². The molecule has 2 rings (SSSR count). The number of nitrogens with two attached hydrogens (primary N) is 1. The van der Waals surface area contributed by atoms with Gasteiger partial charge >= 0.3 is 7.60 Å². The Kier molecular flexibility index (Phi) is 3.94. The number of rotatable bonds is 5. The first kappa shape index (κ1) is 15.0. The molecule has 0 spiro atoms. The van der Waals surface area contributed by atoms with E-state index in [0.717, 1.165) is 6.07 Å². The van der Waals surface area contributed by atoms with Crippen LogP contribution in [0.3, 0.4) is 0 Å². The van der Waals surface area contributed by atoms with E-state index < -0.39 is 18.8 Å². The van der Waals surface area contributed by atoms with Crippen molar-refractivity contribution in [2.24, 2.45) is 0 Å². The Labute approximate surface area is 118 Å². The lowest BCUT2D eigenvalue weighted by atomic mass is 10.2. The molecule has 112 valence electrons. The number of hydrogen-bond donors (Lipinski definition) is 4. The number of nitrogen functional groups attached to an aromatic ring is 1. The van der Waals surface area contributed by atoms with Crippen LogP contribution in [0.4, 0.5) is 17.1 Å². The van der Waals surface area contributed by atoms with Gasteiger partial charge in [-0.25, -0.2) is 4.98 Å². The average Bonchev–Trinajstić information content (AvgIpc) is 2.89. The lowest BCUT2D eigenvalue weighted by Gasteiger charge is -2.13. The van der Waals surface area contributed by atoms with Gasteiger partial charge in [-0.15, -0.1) is 0 Å². The lowest BCUT2D eigenvalue weighted by Crippen LogP contribution is -2.07. The van der Waals surface area contributed by atoms with Crippen molar-refractivity contribution in [1.82, 2.24) is 9.55 Å². The summed E-state index contributed by atoms with van der Waals surface area (Å²) >= 11 is 0. The zero-order chi connectivity index (χ0) is 15.6. The fraction of sp³-hybridized carbons (Fsp3) is 0.100. The zero-order valence-electron chi connectivity index (χ0n) is 10.6. The van der Waals surface area contributed by atoms with Gasteiger partial charge in [-0.2, -0.15) is 0 Å². The highest BCUT2D eigenvalue weighted by Crippen LogP contribution is 2.37. The molecule has 0 saturated carbocycles. The first-order valence-corrected chi connectivity index (χ1v) is 7.42. The molecule has 0 aliphatic rings. The van der Waals surface area contributed by atoms with E-state index in [0.29, 0.717) is 0 Å². The summed E-state index contributed by atoms with van der Waals surface area (Å²) in [4.78, 5) is 32.0. The smallest absolute Gasteiger partial charge is 0.344 e. The molecular weight excluding hydrogens is 301 g/mol. The summed E-state index contributed by atoms with van der Waals surface area (Å²) in [6.45, 7) is 0. The van der Waals surface area contributed by atoms with E-state index in [9.17, 15) is 14.7 Å². The van der Waals surface area contributed by atoms with Gasteiger partial charge in [0, 0.05) is 18.5 Å². The maximum atomic E-state index is 11.1. The Morgan fingerprint density at radius 2 is 2.19 bits per heavy atom. The molecule has 0 bridgehead atoms. The van der Waals surface area contributed by atoms with Crippen molar-refractivity contribution in [2.75, 3.05) is 17.3 Å². The van der Waals surface area contributed by atoms with E-state index in [-0.39, 0.29) is 22.7 Å². The van der Waals surface area contributed by atoms with Crippen molar-refractivity contribution in [1.29, 1.82) is 0 Å². The maximum absolute atomic E-state index is 11.1. The number of nitro benzene ring substituents is 1. The lowest BCUT2D eigenvalue weighted by molar-refractivity contribution is -0.384. The highest BCUT2D eigenvalue weighted by molar-refractivity contribution is 7.51. The van der Waals surface area contributed by atoms with Crippen LogP contribution in [-0.2, 0) is 4.57 Å². The summed E-state index contributed by atoms with van der Waals surface area (Å²) in [7, 11) is -4.28. The molecule has 11 heteroatoms. The SMILES string of the molecule is Nc1cc([N+](=O)[O-])c(-n2ccnc2)cc1NCP(=O)(O)O. The van der Waals surface area contributed by atoms with Gasteiger partial charge in [-0.3, -0.25) is 14.7 Å². The molecule has 21 heavy (non-hydrogen) atoms. The predicted octanol–water partition coefficient (Wildman–Crippen LogP) is 0.910. The second-order valence-corrected chi connectivity index (χ2v) is 5.80. The Bertz CT molecular complexity index is 711. The van der Waals surface area contributed by atoms with Crippen LogP contribution >= 0.6 is 7.60 Å². The molecular formula is C10H12N5O5P. The first-order chi connectivity index (χ1) is 9.78. The highest BCUT2D eigenvalue weighted by atomic mass is 31.2. The van der Waals surface area contributed by atoms with Crippen LogP contribution in [0.5, 0.6) is 0 Å². The molecule has 0 fully saturated rings. The predicted molar refractivity (Wildman–Crippen MR) is 75.2 cm³/mol. The highest BCUT2D eigenvalue weighted by Gasteiger charge is 2.20. The average molecular weight is 313 g/mol. The summed E-state index contributed by atoms with van der Waals surface area (Å²) in [5.74, 6) is 0. The van der Waals surface area contributed by atoms with Gasteiger partial charge in [0.2, 0.25) is 0 Å². The number of imidazole rings is 1. The fourth-order valence-corrected chi connectivity index (χ4v) is 2.07. The van der Waals surface area contributed by atoms with Crippen LogP contribution in [0.2, 0.25) is 0 Å². The molecule has 2 aromatic rings. The number of nitrogens with zero attached hydrogens (tertiary/aromatic N) is 3. The Hall–Kier alpha value is -2.42. The maximum Gasteiger partial charge on any atom is 0.344 e. The minimum atomic E-state index is -4.28. The number of nitro groups is 1. The Morgan fingerprint density at radius 3 is 2.71 bits per heavy atom. The van der Waals surface area contributed by atoms with Crippen molar-refractivity contribution in [3.8, 4) is 5.69 Å². The van der Waals surface area contributed by atoms with E-state index >= 15 is 0 Å². The molecule has 0 amide bonds. The van der Waals surface area contributed by atoms with Gasteiger partial charge < -0.3 is 25.4 Å². The third-order valence-corrected chi connectivity index (χ3v) is 3.17. The summed E-state index contributed by atoms with van der Waals surface area (Å²) in [5.41, 5.74) is 5.80. The largest absolute Gasteiger partial charge is 0.397 e. The van der Waals surface area contributed by atoms with Gasteiger partial charge in [0.1, 0.15) is 12.0 Å². The molecule has 0 unspecified atom stereocenters. The van der Waals surface area contributed by atoms with E-state index in [4.69, 9.17) is 15.5 Å². The topological polar surface area (TPSA) is 157 Å². The van der Waals surface area contributed by atoms with Gasteiger partial charge in [-0.05, 0) is 6.07 Å². The van der Waals surface area contributed by atoms with Crippen LogP contribution in [-0.4, -0.2) is 30.5 Å². The molecule has 5 N–H and O–H groups in total. The van der Waals surface area contributed by atoms with Crippen LogP contribution in [0.15, 0.2) is 30.9 Å². The minimum Gasteiger partial charge on any atom is -0.397 e. The van der Waals surface area contributed by atoms with E-state index in [1.54, 1.807) is 0 Å². The zero-order valence-corrected chi connectivity index (χ0v) is 11.5. The summed E-state index contributed by atoms with van der Waals surface area (Å²) in [6, 6.07) is 2.46. The van der Waals surface area contributed by atoms with Crippen LogP contribution in [0, 0.1) is 10.1 Å². The molecule has 0 radical (unpaired) electrons. The van der Waals surface area contributed by atoms with Crippen molar-refractivity contribution >= 4 is 24.7 Å². The van der Waals surface area contributed by atoms with Gasteiger partial charge in [0.25, 0.3) is 5.69 Å². The number of nitrogens with one attached hydrogen (secondary N) is 1. The number of aromatic nitrogens is 2. The molecule has 10 nitrogen and oxygen atoms in total. The number of hydrogen-bond acceptors (Lipinski definition) is 6. The summed E-state index contributed by atoms with van der Waals surface area (Å²) < 4.78 is 12.3. The van der Waals surface area contributed by atoms with Crippen molar-refractivity contribution in [3.63, 3.8) is 0 Å². The van der Waals surface area contributed by atoms with Gasteiger partial charge in [0.15, 0.2) is 0 Å². The van der Waals surface area contributed by atoms with Crippen LogP contribution in [0.25, 0.3) is 5.69 Å². The molecule has 0 aliphatic heterocycles. The van der Waals surface area contributed by atoms with Gasteiger partial charge in [-0.1, -0.05) is 0 Å². The van der Waals surface area contributed by atoms with Gasteiger partial charge in [0.05, 0.1) is 22.6 Å². The van der Waals surface area contributed by atoms with E-state index in [1.807, 2.05) is 0 Å².